The molecule has 0 atom stereocenters. The summed E-state index contributed by atoms with van der Waals surface area (Å²) in [5.41, 5.74) is 1.47. The Morgan fingerprint density at radius 2 is 1.71 bits per heavy atom. The van der Waals surface area contributed by atoms with Crippen LogP contribution in [-0.4, -0.2) is 39.9 Å². The second-order valence-corrected chi connectivity index (χ2v) is 8.31. The van der Waals surface area contributed by atoms with Gasteiger partial charge in [0.2, 0.25) is 10.0 Å². The van der Waals surface area contributed by atoms with E-state index < -0.39 is 22.6 Å². The van der Waals surface area contributed by atoms with Crippen LogP contribution in [0.5, 0.6) is 5.75 Å². The SMILES string of the molecule is COc1ccc(C(=O)OCC(=O)c2ccc(C)cc2)cc1S(=O)(=O)NC1CC1. The van der Waals surface area contributed by atoms with Gasteiger partial charge in [-0.3, -0.25) is 4.79 Å². The van der Waals surface area contributed by atoms with Gasteiger partial charge < -0.3 is 9.47 Å². The number of methoxy groups -OCH3 is 1. The van der Waals surface area contributed by atoms with Crippen LogP contribution in [0.3, 0.4) is 0 Å². The number of benzene rings is 2. The van der Waals surface area contributed by atoms with E-state index in [9.17, 15) is 18.0 Å². The first-order valence-corrected chi connectivity index (χ1v) is 10.3. The quantitative estimate of drug-likeness (QED) is 0.537. The minimum absolute atomic E-state index is 0.0219. The summed E-state index contributed by atoms with van der Waals surface area (Å²) in [5, 5.41) is 0. The van der Waals surface area contributed by atoms with Crippen LogP contribution >= 0.6 is 0 Å². The number of Topliss-reactive ketones (excluding diaryl/α,β-unsaturated/α-hetero) is 1. The Bertz CT molecular complexity index is 994. The molecule has 1 aliphatic rings. The average Bonchev–Trinajstić information content (AvgIpc) is 3.49. The van der Waals surface area contributed by atoms with E-state index in [0.717, 1.165) is 18.4 Å². The molecule has 0 radical (unpaired) electrons. The van der Waals surface area contributed by atoms with Crippen molar-refractivity contribution in [3.05, 3.63) is 59.2 Å². The molecule has 0 bridgehead atoms. The van der Waals surface area contributed by atoms with Gasteiger partial charge in [-0.25, -0.2) is 17.9 Å². The van der Waals surface area contributed by atoms with Crippen molar-refractivity contribution in [3.8, 4) is 5.75 Å². The van der Waals surface area contributed by atoms with Crippen molar-refractivity contribution in [2.45, 2.75) is 30.7 Å². The molecule has 8 heteroatoms. The van der Waals surface area contributed by atoms with Crippen molar-refractivity contribution in [2.75, 3.05) is 13.7 Å². The lowest BCUT2D eigenvalue weighted by Gasteiger charge is -2.12. The number of aryl methyl sites for hydroxylation is 1. The Morgan fingerprint density at radius 1 is 1.07 bits per heavy atom. The van der Waals surface area contributed by atoms with E-state index in [-0.39, 0.29) is 28.0 Å². The Kier molecular flexibility index (Phi) is 5.81. The summed E-state index contributed by atoms with van der Waals surface area (Å²) in [6.45, 7) is 1.47. The fraction of sp³-hybridized carbons (Fsp3) is 0.300. The second kappa shape index (κ2) is 8.12. The van der Waals surface area contributed by atoms with E-state index in [1.54, 1.807) is 24.3 Å². The molecule has 7 nitrogen and oxygen atoms in total. The van der Waals surface area contributed by atoms with Crippen LogP contribution in [0.4, 0.5) is 0 Å². The van der Waals surface area contributed by atoms with Crippen LogP contribution in [0.1, 0.15) is 39.1 Å². The Morgan fingerprint density at radius 3 is 2.32 bits per heavy atom. The normalized spacial score (nSPS) is 13.8. The predicted octanol–water partition coefficient (Wildman–Crippen LogP) is 2.48. The molecular formula is C20H21NO6S. The Labute approximate surface area is 163 Å². The van der Waals surface area contributed by atoms with Gasteiger partial charge in [-0.05, 0) is 38.0 Å². The van der Waals surface area contributed by atoms with Gasteiger partial charge in [0.1, 0.15) is 10.6 Å². The third-order valence-electron chi connectivity index (χ3n) is 4.30. The average molecular weight is 403 g/mol. The lowest BCUT2D eigenvalue weighted by atomic mass is 10.1. The van der Waals surface area contributed by atoms with Crippen LogP contribution in [-0.2, 0) is 14.8 Å². The van der Waals surface area contributed by atoms with Gasteiger partial charge >= 0.3 is 5.97 Å². The molecule has 2 aromatic rings. The van der Waals surface area contributed by atoms with Crippen molar-refractivity contribution in [2.24, 2.45) is 0 Å². The van der Waals surface area contributed by atoms with E-state index in [0.29, 0.717) is 5.56 Å². The minimum Gasteiger partial charge on any atom is -0.495 e. The molecule has 1 N–H and O–H groups in total. The Hall–Kier alpha value is -2.71. The van der Waals surface area contributed by atoms with Crippen molar-refractivity contribution in [1.82, 2.24) is 4.72 Å². The maximum atomic E-state index is 12.5. The number of nitrogens with one attached hydrogen (secondary N) is 1. The number of rotatable bonds is 8. The predicted molar refractivity (Wildman–Crippen MR) is 102 cm³/mol. The minimum atomic E-state index is -3.82. The van der Waals surface area contributed by atoms with E-state index in [1.807, 2.05) is 6.92 Å². The topological polar surface area (TPSA) is 98.8 Å². The molecule has 0 unspecified atom stereocenters. The van der Waals surface area contributed by atoms with Gasteiger partial charge in [0.25, 0.3) is 0 Å². The number of sulfonamides is 1. The maximum Gasteiger partial charge on any atom is 0.338 e. The standard InChI is InChI=1S/C20H21NO6S/c1-13-3-5-14(6-4-13)17(22)12-27-20(23)15-7-10-18(26-2)19(11-15)28(24,25)21-16-8-9-16/h3-7,10-11,16,21H,8-9,12H2,1-2H3. The third-order valence-corrected chi connectivity index (χ3v) is 5.84. The monoisotopic (exact) mass is 403 g/mol. The fourth-order valence-corrected chi connectivity index (χ4v) is 4.03. The maximum absolute atomic E-state index is 12.5. The first-order valence-electron chi connectivity index (χ1n) is 8.77. The highest BCUT2D eigenvalue weighted by molar-refractivity contribution is 7.89. The molecule has 1 saturated carbocycles. The molecular weight excluding hydrogens is 382 g/mol. The van der Waals surface area contributed by atoms with Crippen molar-refractivity contribution in [3.63, 3.8) is 0 Å². The van der Waals surface area contributed by atoms with E-state index in [4.69, 9.17) is 9.47 Å². The summed E-state index contributed by atoms with van der Waals surface area (Å²) in [5.74, 6) is -1.00. The number of esters is 1. The summed E-state index contributed by atoms with van der Waals surface area (Å²) in [6, 6.07) is 10.8. The molecule has 2 aromatic carbocycles. The van der Waals surface area contributed by atoms with Gasteiger partial charge in [0.15, 0.2) is 12.4 Å². The molecule has 0 heterocycles. The zero-order valence-electron chi connectivity index (χ0n) is 15.6. The zero-order valence-corrected chi connectivity index (χ0v) is 16.4. The lowest BCUT2D eigenvalue weighted by Crippen LogP contribution is -2.26. The highest BCUT2D eigenvalue weighted by Crippen LogP contribution is 2.28. The molecule has 0 aliphatic heterocycles. The van der Waals surface area contributed by atoms with Gasteiger partial charge in [0.05, 0.1) is 12.7 Å². The summed E-state index contributed by atoms with van der Waals surface area (Å²) < 4.78 is 37.8. The van der Waals surface area contributed by atoms with Crippen LogP contribution in [0.2, 0.25) is 0 Å². The number of ketones is 1. The first kappa shape index (κ1) is 20.0. The Balaban J connectivity index is 1.73. The first-order chi connectivity index (χ1) is 13.3. The molecule has 0 saturated heterocycles. The van der Waals surface area contributed by atoms with Crippen LogP contribution < -0.4 is 9.46 Å². The molecule has 3 rings (SSSR count). The van der Waals surface area contributed by atoms with E-state index >= 15 is 0 Å². The third kappa shape index (κ3) is 4.76. The second-order valence-electron chi connectivity index (χ2n) is 6.63. The van der Waals surface area contributed by atoms with Gasteiger partial charge in [-0.15, -0.1) is 0 Å². The molecule has 148 valence electrons. The summed E-state index contributed by atoms with van der Waals surface area (Å²) in [6.07, 6.45) is 1.56. The largest absolute Gasteiger partial charge is 0.495 e. The lowest BCUT2D eigenvalue weighted by molar-refractivity contribution is 0.0474. The molecule has 1 fully saturated rings. The van der Waals surface area contributed by atoms with Crippen LogP contribution in [0.25, 0.3) is 0 Å². The van der Waals surface area contributed by atoms with Crippen molar-refractivity contribution < 1.29 is 27.5 Å². The molecule has 0 spiro atoms. The molecule has 0 aromatic heterocycles. The zero-order chi connectivity index (χ0) is 20.3. The van der Waals surface area contributed by atoms with Gasteiger partial charge in [0, 0.05) is 11.6 Å². The van der Waals surface area contributed by atoms with E-state index in [1.165, 1.54) is 25.3 Å². The summed E-state index contributed by atoms with van der Waals surface area (Å²) in [4.78, 5) is 24.3. The fourth-order valence-electron chi connectivity index (χ4n) is 2.53. The molecule has 1 aliphatic carbocycles. The van der Waals surface area contributed by atoms with Crippen LogP contribution in [0.15, 0.2) is 47.4 Å². The number of hydrogen-bond donors (Lipinski definition) is 1. The summed E-state index contributed by atoms with van der Waals surface area (Å²) in [7, 11) is -2.47. The highest BCUT2D eigenvalue weighted by Gasteiger charge is 2.30. The van der Waals surface area contributed by atoms with Gasteiger partial charge in [-0.1, -0.05) is 29.8 Å². The van der Waals surface area contributed by atoms with Gasteiger partial charge in [-0.2, -0.15) is 0 Å². The van der Waals surface area contributed by atoms with E-state index in [2.05, 4.69) is 4.72 Å². The number of hydrogen-bond acceptors (Lipinski definition) is 6. The van der Waals surface area contributed by atoms with Crippen molar-refractivity contribution >= 4 is 21.8 Å². The number of carbonyl (C=O) groups is 2. The number of ether oxygens (including phenoxy) is 2. The number of carbonyl (C=O) groups excluding carboxylic acids is 2. The molecule has 0 amide bonds. The highest BCUT2D eigenvalue weighted by atomic mass is 32.2. The molecule has 28 heavy (non-hydrogen) atoms. The summed E-state index contributed by atoms with van der Waals surface area (Å²) >= 11 is 0. The van der Waals surface area contributed by atoms with Crippen molar-refractivity contribution in [1.29, 1.82) is 0 Å². The smallest absolute Gasteiger partial charge is 0.338 e. The van der Waals surface area contributed by atoms with Crippen LogP contribution in [0, 0.1) is 6.92 Å².